The highest BCUT2D eigenvalue weighted by Crippen LogP contribution is 2.64. The molecule has 0 saturated heterocycles. The van der Waals surface area contributed by atoms with Crippen LogP contribution in [0.3, 0.4) is 0 Å². The molecule has 346 valence electrons. The third-order valence-electron chi connectivity index (χ3n) is 15.2. The predicted octanol–water partition coefficient (Wildman–Crippen LogP) is 18.2. The number of thiophene rings is 2. The van der Waals surface area contributed by atoms with Crippen molar-refractivity contribution in [1.82, 2.24) is 19.9 Å². The fraction of sp³-hybridized carbons (Fsp3) is 0.129. The van der Waals surface area contributed by atoms with Crippen molar-refractivity contribution in [3.8, 4) is 42.0 Å². The smallest absolute Gasteiger partial charge is 0.155 e. The number of rotatable bonds is 6. The molecule has 0 aliphatic heterocycles. The van der Waals surface area contributed by atoms with Crippen LogP contribution in [0.2, 0.25) is 0 Å². The summed E-state index contributed by atoms with van der Waals surface area (Å²) < 4.78 is 2.52. The lowest BCUT2D eigenvalue weighted by molar-refractivity contribution is 0.759. The van der Waals surface area contributed by atoms with Crippen molar-refractivity contribution < 1.29 is 0 Å². The second-order valence-electron chi connectivity index (χ2n) is 19.7. The van der Waals surface area contributed by atoms with Gasteiger partial charge in [-0.3, -0.25) is 0 Å². The predicted molar refractivity (Wildman–Crippen MR) is 309 cm³/mol. The number of nitrogens with zero attached hydrogens (tertiary/aromatic N) is 4. The van der Waals surface area contributed by atoms with Crippen LogP contribution in [0.5, 0.6) is 0 Å². The SMILES string of the molecule is Cc1ccc(C2(c3ccc(C)cc3)c3cc4c(cc3-c3cc5cc(-c6nc7sc(C)nc7s6)sc5cc32)C(c2ccc(C)cc2)(c2ccc(C)cc2)c2cc3sc(-c5nc6sc(C)nc6s5)cc3cc2-4)cc1. The van der Waals surface area contributed by atoms with Gasteiger partial charge in [0.25, 0.3) is 0 Å². The van der Waals surface area contributed by atoms with E-state index in [4.69, 9.17) is 19.9 Å². The molecule has 72 heavy (non-hydrogen) atoms. The molecule has 0 radical (unpaired) electrons. The third kappa shape index (κ3) is 6.11. The lowest BCUT2D eigenvalue weighted by Crippen LogP contribution is -2.30. The van der Waals surface area contributed by atoms with Crippen molar-refractivity contribution in [3.63, 3.8) is 0 Å². The molecule has 4 nitrogen and oxygen atoms in total. The molecule has 13 aromatic rings. The Morgan fingerprint density at radius 3 is 0.944 bits per heavy atom. The van der Waals surface area contributed by atoms with Gasteiger partial charge in [0.1, 0.15) is 10.0 Å². The fourth-order valence-electron chi connectivity index (χ4n) is 11.9. The van der Waals surface area contributed by atoms with E-state index >= 15 is 0 Å². The minimum Gasteiger partial charge on any atom is -0.229 e. The van der Waals surface area contributed by atoms with Gasteiger partial charge in [-0.15, -0.1) is 22.7 Å². The van der Waals surface area contributed by atoms with E-state index in [1.807, 2.05) is 22.7 Å². The third-order valence-corrected chi connectivity index (χ3v) is 21.6. The summed E-state index contributed by atoms with van der Waals surface area (Å²) in [5, 5.41) is 6.66. The van der Waals surface area contributed by atoms with Crippen LogP contribution in [-0.4, -0.2) is 19.9 Å². The maximum atomic E-state index is 5.12. The molecule has 7 aromatic carbocycles. The van der Waals surface area contributed by atoms with E-state index in [1.54, 1.807) is 45.3 Å². The maximum Gasteiger partial charge on any atom is 0.155 e. The van der Waals surface area contributed by atoms with Crippen LogP contribution < -0.4 is 0 Å². The van der Waals surface area contributed by atoms with Crippen LogP contribution in [0.4, 0.5) is 0 Å². The number of thiazole rings is 4. The highest BCUT2D eigenvalue weighted by molar-refractivity contribution is 7.31. The summed E-state index contributed by atoms with van der Waals surface area (Å²) in [4.78, 5) is 26.3. The molecule has 0 amide bonds. The topological polar surface area (TPSA) is 51.6 Å². The zero-order valence-corrected chi connectivity index (χ0v) is 45.0. The van der Waals surface area contributed by atoms with E-state index in [-0.39, 0.29) is 0 Å². The fourth-order valence-corrected chi connectivity index (χ4v) is 18.0. The summed E-state index contributed by atoms with van der Waals surface area (Å²) in [6.45, 7) is 12.9. The summed E-state index contributed by atoms with van der Waals surface area (Å²) in [6.07, 6.45) is 0. The van der Waals surface area contributed by atoms with E-state index in [9.17, 15) is 0 Å². The highest BCUT2D eigenvalue weighted by Gasteiger charge is 2.52. The molecular formula is C62H42N4S6. The normalized spacial score (nSPS) is 14.2. The molecular weight excluding hydrogens is 993 g/mol. The average Bonchev–Trinajstić information content (AvgIpc) is 4.26. The van der Waals surface area contributed by atoms with E-state index in [0.717, 1.165) is 39.4 Å². The van der Waals surface area contributed by atoms with Gasteiger partial charge in [-0.25, -0.2) is 19.9 Å². The first-order valence-corrected chi connectivity index (χ1v) is 29.0. The van der Waals surface area contributed by atoms with Crippen LogP contribution in [0.15, 0.2) is 146 Å². The van der Waals surface area contributed by atoms with Gasteiger partial charge in [-0.2, -0.15) is 0 Å². The standard InChI is InChI=1S/C62H42N4S6/c1-31-7-15-39(16-8-31)61(40-17-9-32(2)10-18-40)47-27-46-44-24-38-26-54(56-66-60-58(72-56)64-36(6)68-60)70-52(38)30-50(44)62(41-19-11-33(3)12-20-41,42-21-13-34(4)14-22-42)48(46)28-45(47)43-23-37-25-53(69-51(37)29-49(43)61)55-65-59-57(71-55)63-35(5)67-59/h7-30H,1-6H3. The Labute approximate surface area is 440 Å². The van der Waals surface area contributed by atoms with Crippen LogP contribution in [0, 0.1) is 41.5 Å². The molecule has 0 spiro atoms. The van der Waals surface area contributed by atoms with E-state index in [0.29, 0.717) is 0 Å². The quantitative estimate of drug-likeness (QED) is 0.167. The Morgan fingerprint density at radius 1 is 0.306 bits per heavy atom. The van der Waals surface area contributed by atoms with Crippen molar-refractivity contribution >= 4 is 108 Å². The van der Waals surface area contributed by atoms with Crippen LogP contribution in [0.25, 0.3) is 81.5 Å². The largest absolute Gasteiger partial charge is 0.229 e. The van der Waals surface area contributed by atoms with Gasteiger partial charge in [0.2, 0.25) is 0 Å². The number of hydrogen-bond acceptors (Lipinski definition) is 10. The Bertz CT molecular complexity index is 3950. The molecule has 10 heteroatoms. The molecule has 6 aromatic heterocycles. The number of benzene rings is 7. The minimum absolute atomic E-state index is 0.618. The van der Waals surface area contributed by atoms with E-state index in [1.165, 1.54) is 119 Å². The molecule has 6 heterocycles. The van der Waals surface area contributed by atoms with Crippen molar-refractivity contribution in [3.05, 3.63) is 222 Å². The van der Waals surface area contributed by atoms with Crippen molar-refractivity contribution in [2.45, 2.75) is 52.4 Å². The summed E-state index contributed by atoms with van der Waals surface area (Å²) in [7, 11) is 0. The van der Waals surface area contributed by atoms with Crippen LogP contribution in [-0.2, 0) is 10.8 Å². The number of aryl methyl sites for hydroxylation is 6. The van der Waals surface area contributed by atoms with Gasteiger partial charge in [-0.05, 0) is 168 Å². The lowest BCUT2D eigenvalue weighted by atomic mass is 9.65. The van der Waals surface area contributed by atoms with Crippen molar-refractivity contribution in [1.29, 1.82) is 0 Å². The zero-order valence-electron chi connectivity index (χ0n) is 40.1. The second kappa shape index (κ2) is 15.5. The Hall–Kier alpha value is -6.50. The monoisotopic (exact) mass is 1030 g/mol. The molecule has 0 N–H and O–H groups in total. The Morgan fingerprint density at radius 2 is 0.611 bits per heavy atom. The summed E-state index contributed by atoms with van der Waals surface area (Å²) >= 11 is 10.4. The summed E-state index contributed by atoms with van der Waals surface area (Å²) in [6, 6.07) is 57.5. The van der Waals surface area contributed by atoms with E-state index < -0.39 is 10.8 Å². The maximum absolute atomic E-state index is 5.12. The molecule has 0 saturated carbocycles. The first-order chi connectivity index (χ1) is 35.0. The van der Waals surface area contributed by atoms with Gasteiger partial charge >= 0.3 is 0 Å². The highest BCUT2D eigenvalue weighted by atomic mass is 32.1. The molecule has 0 unspecified atom stereocenters. The van der Waals surface area contributed by atoms with Gasteiger partial charge in [0.15, 0.2) is 19.3 Å². The number of aromatic nitrogens is 4. The minimum atomic E-state index is -0.618. The molecule has 15 rings (SSSR count). The Kier molecular flexibility index (Phi) is 9.29. The first-order valence-electron chi connectivity index (χ1n) is 24.1. The molecule has 0 fully saturated rings. The summed E-state index contributed by atoms with van der Waals surface area (Å²) in [5.74, 6) is 0. The second-order valence-corrected chi connectivity index (χ2v) is 26.2. The van der Waals surface area contributed by atoms with Crippen molar-refractivity contribution in [2.75, 3.05) is 0 Å². The van der Waals surface area contributed by atoms with Crippen molar-refractivity contribution in [2.24, 2.45) is 0 Å². The van der Waals surface area contributed by atoms with Crippen LogP contribution >= 0.6 is 68.0 Å². The van der Waals surface area contributed by atoms with Gasteiger partial charge in [0.05, 0.1) is 30.6 Å². The number of hydrogen-bond donors (Lipinski definition) is 0. The first kappa shape index (κ1) is 43.1. The molecule has 0 bridgehead atoms. The van der Waals surface area contributed by atoms with E-state index in [2.05, 4.69) is 187 Å². The Balaban J connectivity index is 1.05. The van der Waals surface area contributed by atoms with Crippen LogP contribution in [0.1, 0.15) is 76.8 Å². The zero-order chi connectivity index (χ0) is 48.4. The van der Waals surface area contributed by atoms with Gasteiger partial charge in [-0.1, -0.05) is 165 Å². The molecule has 2 aliphatic rings. The molecule has 2 aliphatic carbocycles. The average molecular weight is 1040 g/mol. The van der Waals surface area contributed by atoms with Gasteiger partial charge < -0.3 is 0 Å². The summed E-state index contributed by atoms with van der Waals surface area (Å²) in [5.41, 5.74) is 19.2. The van der Waals surface area contributed by atoms with Gasteiger partial charge in [0, 0.05) is 9.40 Å². The lowest BCUT2D eigenvalue weighted by Gasteiger charge is -2.36. The molecule has 0 atom stereocenters. The number of fused-ring (bicyclic) bond motifs is 10.